The zero-order chi connectivity index (χ0) is 30.6. The van der Waals surface area contributed by atoms with Gasteiger partial charge in [-0.2, -0.15) is 0 Å². The molecule has 226 valence electrons. The van der Waals surface area contributed by atoms with E-state index in [1.807, 2.05) is 30.3 Å². The second-order valence-electron chi connectivity index (χ2n) is 9.01. The Bertz CT molecular complexity index is 1610. The van der Waals surface area contributed by atoms with Crippen LogP contribution in [0.15, 0.2) is 68.9 Å². The van der Waals surface area contributed by atoms with E-state index < -0.39 is 23.6 Å². The molecule has 0 spiro atoms. The second-order valence-corrected chi connectivity index (χ2v) is 10.3. The first-order chi connectivity index (χ1) is 20.9. The summed E-state index contributed by atoms with van der Waals surface area (Å²) in [5.74, 6) is 7.52. The normalized spacial score (nSPS) is 15.4. The molecule has 1 aliphatic rings. The predicted octanol–water partition coefficient (Wildman–Crippen LogP) is 2.12. The van der Waals surface area contributed by atoms with Crippen LogP contribution in [0.2, 0.25) is 0 Å². The van der Waals surface area contributed by atoms with Crippen LogP contribution in [0.25, 0.3) is 0 Å². The van der Waals surface area contributed by atoms with Crippen LogP contribution in [0.1, 0.15) is 17.4 Å². The van der Waals surface area contributed by atoms with Crippen molar-refractivity contribution >= 4 is 39.1 Å². The van der Waals surface area contributed by atoms with E-state index in [4.69, 9.17) is 31.2 Å². The summed E-state index contributed by atoms with van der Waals surface area (Å²) in [5, 5.41) is 15.9. The summed E-state index contributed by atoms with van der Waals surface area (Å²) in [5.41, 5.74) is -0.232. The molecule has 0 saturated carbocycles. The van der Waals surface area contributed by atoms with E-state index in [1.54, 1.807) is 25.5 Å². The van der Waals surface area contributed by atoms with Crippen LogP contribution in [0.4, 0.5) is 5.82 Å². The Balaban J connectivity index is 1.24. The number of benzene rings is 1. The monoisotopic (exact) mass is 671 g/mol. The number of anilines is 1. The number of halogens is 1. The van der Waals surface area contributed by atoms with E-state index in [9.17, 15) is 14.7 Å². The van der Waals surface area contributed by atoms with Crippen molar-refractivity contribution < 1.29 is 24.1 Å². The van der Waals surface area contributed by atoms with E-state index in [-0.39, 0.29) is 32.0 Å². The summed E-state index contributed by atoms with van der Waals surface area (Å²) in [6, 6.07) is 9.25. The summed E-state index contributed by atoms with van der Waals surface area (Å²) in [6.07, 6.45) is 5.65. The number of nitrogens with one attached hydrogen (secondary N) is 3. The molecule has 4 rings (SSSR count). The van der Waals surface area contributed by atoms with Crippen LogP contribution in [-0.4, -0.2) is 70.9 Å². The zero-order valence-corrected chi connectivity index (χ0v) is 25.6. The third kappa shape index (κ3) is 9.50. The van der Waals surface area contributed by atoms with Gasteiger partial charge in [-0.1, -0.05) is 17.9 Å². The van der Waals surface area contributed by atoms with E-state index in [1.165, 1.54) is 10.8 Å². The number of H-pyrrole nitrogens is 1. The second kappa shape index (κ2) is 16.0. The van der Waals surface area contributed by atoms with E-state index in [0.29, 0.717) is 35.4 Å². The number of thiocarbonyl (C=S) groups is 1. The highest BCUT2D eigenvalue weighted by Crippen LogP contribution is 2.24. The van der Waals surface area contributed by atoms with Gasteiger partial charge in [-0.25, -0.2) is 9.78 Å². The molecule has 3 aromatic rings. The van der Waals surface area contributed by atoms with Gasteiger partial charge in [0.05, 0.1) is 20.3 Å². The molecule has 43 heavy (non-hydrogen) atoms. The SMILES string of the molecule is COc1ccc(OCCOCC#Cc2cn([C@H]3C=C[C@@H](CO)O3)c(=O)[nH]c2=O)c(CCNC(=S)Nc2ccc(Br)cn2)c1. The summed E-state index contributed by atoms with van der Waals surface area (Å²) >= 11 is 8.72. The van der Waals surface area contributed by atoms with Crippen LogP contribution in [0.5, 0.6) is 11.5 Å². The Morgan fingerprint density at radius 1 is 1.26 bits per heavy atom. The summed E-state index contributed by atoms with van der Waals surface area (Å²) in [7, 11) is 1.60. The molecule has 2 aromatic heterocycles. The molecule has 3 heterocycles. The number of aliphatic hydroxyl groups is 1. The molecule has 0 aliphatic carbocycles. The molecule has 2 atom stereocenters. The molecule has 0 saturated heterocycles. The number of pyridine rings is 1. The number of ether oxygens (including phenoxy) is 4. The van der Waals surface area contributed by atoms with Crippen LogP contribution >= 0.6 is 28.1 Å². The lowest BCUT2D eigenvalue weighted by Gasteiger charge is -2.14. The first-order valence-electron chi connectivity index (χ1n) is 13.2. The number of rotatable bonds is 12. The molecule has 14 heteroatoms. The molecule has 0 radical (unpaired) electrons. The number of aromatic nitrogens is 3. The Hall–Kier alpha value is -4.00. The summed E-state index contributed by atoms with van der Waals surface area (Å²) in [6.45, 7) is 0.910. The van der Waals surface area contributed by atoms with Gasteiger partial charge in [0, 0.05) is 23.4 Å². The van der Waals surface area contributed by atoms with Crippen molar-refractivity contribution in [3.63, 3.8) is 0 Å². The van der Waals surface area contributed by atoms with Crippen molar-refractivity contribution in [3.05, 3.63) is 91.3 Å². The molecule has 0 fully saturated rings. The van der Waals surface area contributed by atoms with Gasteiger partial charge < -0.3 is 34.7 Å². The number of methoxy groups -OCH3 is 1. The number of aliphatic hydroxyl groups excluding tert-OH is 1. The van der Waals surface area contributed by atoms with E-state index >= 15 is 0 Å². The van der Waals surface area contributed by atoms with Crippen molar-refractivity contribution in [1.29, 1.82) is 0 Å². The van der Waals surface area contributed by atoms with Gasteiger partial charge in [0.15, 0.2) is 11.3 Å². The lowest BCUT2D eigenvalue weighted by atomic mass is 10.1. The third-order valence-corrected chi connectivity index (χ3v) is 6.74. The lowest BCUT2D eigenvalue weighted by Crippen LogP contribution is -2.33. The average molecular weight is 673 g/mol. The molecular weight excluding hydrogens is 642 g/mol. The van der Waals surface area contributed by atoms with Crippen LogP contribution in [0, 0.1) is 11.8 Å². The fourth-order valence-electron chi connectivity index (χ4n) is 3.92. The standard InChI is InChI=1S/C29H30BrN5O7S/c1-39-22-5-7-24(19(15-22)10-11-31-28(43)33-25-8-4-21(30)16-32-25)41-14-13-40-12-2-3-20-17-35(29(38)34-27(20)37)26-9-6-23(18-36)42-26/h4-9,15-17,23,26,36H,10-14,18H2,1H3,(H,34,37,38)(H2,31,32,33,43)/t23-,26+/m0/s1. The molecule has 0 amide bonds. The predicted molar refractivity (Wildman–Crippen MR) is 168 cm³/mol. The minimum absolute atomic E-state index is 0.0470. The van der Waals surface area contributed by atoms with E-state index in [0.717, 1.165) is 10.0 Å². The topological polar surface area (TPSA) is 149 Å². The Morgan fingerprint density at radius 2 is 2.12 bits per heavy atom. The van der Waals surface area contributed by atoms with Crippen molar-refractivity contribution in [3.8, 4) is 23.3 Å². The summed E-state index contributed by atoms with van der Waals surface area (Å²) in [4.78, 5) is 30.8. The molecule has 1 aromatic carbocycles. The van der Waals surface area contributed by atoms with Crippen molar-refractivity contribution in [2.45, 2.75) is 18.8 Å². The van der Waals surface area contributed by atoms with Crippen molar-refractivity contribution in [1.82, 2.24) is 19.9 Å². The fraction of sp³-hybridized carbons (Fsp3) is 0.310. The minimum atomic E-state index is -0.739. The molecule has 0 unspecified atom stereocenters. The maximum absolute atomic E-state index is 12.2. The third-order valence-electron chi connectivity index (χ3n) is 6.03. The van der Waals surface area contributed by atoms with Crippen LogP contribution < -0.4 is 31.4 Å². The van der Waals surface area contributed by atoms with Gasteiger partial charge >= 0.3 is 5.69 Å². The number of aromatic amines is 1. The Kier molecular flexibility index (Phi) is 11.9. The maximum Gasteiger partial charge on any atom is 0.330 e. The largest absolute Gasteiger partial charge is 0.497 e. The quantitative estimate of drug-likeness (QED) is 0.0971. The smallest absolute Gasteiger partial charge is 0.330 e. The fourth-order valence-corrected chi connectivity index (χ4v) is 4.36. The van der Waals surface area contributed by atoms with Crippen LogP contribution in [-0.2, 0) is 15.9 Å². The lowest BCUT2D eigenvalue weighted by molar-refractivity contribution is -0.0103. The van der Waals surface area contributed by atoms with Gasteiger partial charge in [0.25, 0.3) is 5.56 Å². The van der Waals surface area contributed by atoms with Gasteiger partial charge in [0.1, 0.15) is 42.2 Å². The van der Waals surface area contributed by atoms with Gasteiger partial charge in [-0.05, 0) is 76.5 Å². The van der Waals surface area contributed by atoms with Gasteiger partial charge in [-0.15, -0.1) is 0 Å². The number of hydrogen-bond acceptors (Lipinski definition) is 9. The summed E-state index contributed by atoms with van der Waals surface area (Å²) < 4.78 is 24.5. The molecule has 4 N–H and O–H groups in total. The van der Waals surface area contributed by atoms with Gasteiger partial charge in [0.2, 0.25) is 0 Å². The first kappa shape index (κ1) is 31.9. The average Bonchev–Trinajstić information content (AvgIpc) is 3.48. The highest BCUT2D eigenvalue weighted by Gasteiger charge is 2.21. The number of hydrogen-bond donors (Lipinski definition) is 4. The van der Waals surface area contributed by atoms with Crippen molar-refractivity contribution in [2.24, 2.45) is 0 Å². The Labute approximate surface area is 261 Å². The first-order valence-corrected chi connectivity index (χ1v) is 14.4. The molecule has 12 nitrogen and oxygen atoms in total. The Morgan fingerprint density at radius 3 is 2.86 bits per heavy atom. The zero-order valence-electron chi connectivity index (χ0n) is 23.2. The molecular formula is C29H30BrN5O7S. The van der Waals surface area contributed by atoms with E-state index in [2.05, 4.69) is 48.4 Å². The maximum atomic E-state index is 12.2. The molecule has 0 bridgehead atoms. The highest BCUT2D eigenvalue weighted by molar-refractivity contribution is 9.10. The van der Waals surface area contributed by atoms with Crippen LogP contribution in [0.3, 0.4) is 0 Å². The van der Waals surface area contributed by atoms with Gasteiger partial charge in [-0.3, -0.25) is 14.3 Å². The highest BCUT2D eigenvalue weighted by atomic mass is 79.9. The van der Waals surface area contributed by atoms with Crippen molar-refractivity contribution in [2.75, 3.05) is 45.4 Å². The number of nitrogens with zero attached hydrogens (tertiary/aromatic N) is 2. The molecule has 1 aliphatic heterocycles. The minimum Gasteiger partial charge on any atom is -0.497 e.